The van der Waals surface area contributed by atoms with Crippen molar-refractivity contribution in [3.63, 3.8) is 0 Å². The molecule has 1 aliphatic rings. The fraction of sp³-hybridized carbons (Fsp3) is 0.611. The zero-order chi connectivity index (χ0) is 15.8. The van der Waals surface area contributed by atoms with Gasteiger partial charge in [-0.25, -0.2) is 0 Å². The smallest absolute Gasteiger partial charge is 0.168 e. The molecule has 113 valence electrons. The molecule has 21 heavy (non-hydrogen) atoms. The van der Waals surface area contributed by atoms with E-state index >= 15 is 0 Å². The maximum atomic E-state index is 11.8. The molecule has 0 aromatic heterocycles. The summed E-state index contributed by atoms with van der Waals surface area (Å²) in [6.45, 7) is 12.3. The van der Waals surface area contributed by atoms with Crippen LogP contribution in [0.2, 0.25) is 5.31 Å². The number of Topliss-reactive ketones (excluding diaryl/α,β-unsaturated/α-hetero) is 1. The van der Waals surface area contributed by atoms with E-state index in [4.69, 9.17) is 0 Å². The lowest BCUT2D eigenvalue weighted by atomic mass is 9.47. The number of benzene rings is 1. The molecule has 1 aliphatic heterocycles. The summed E-state index contributed by atoms with van der Waals surface area (Å²) in [6, 6.07) is 4.64. The predicted octanol–water partition coefficient (Wildman–Crippen LogP) is 2.84. The summed E-state index contributed by atoms with van der Waals surface area (Å²) in [7, 11) is 4.32. The van der Waals surface area contributed by atoms with Crippen molar-refractivity contribution >= 4 is 18.5 Å². The van der Waals surface area contributed by atoms with Crippen LogP contribution in [0.15, 0.2) is 12.1 Å². The van der Waals surface area contributed by atoms with Gasteiger partial charge < -0.3 is 9.69 Å². The van der Waals surface area contributed by atoms with Crippen molar-refractivity contribution < 1.29 is 4.79 Å². The van der Waals surface area contributed by atoms with Crippen molar-refractivity contribution in [2.75, 3.05) is 20.1 Å². The summed E-state index contributed by atoms with van der Waals surface area (Å²) in [5.74, 6) is 0.866. The van der Waals surface area contributed by atoms with Gasteiger partial charge in [0.05, 0.1) is 0 Å². The van der Waals surface area contributed by atoms with E-state index in [0.29, 0.717) is 5.92 Å². The molecule has 0 saturated carbocycles. The van der Waals surface area contributed by atoms with Crippen LogP contribution in [-0.2, 0) is 4.79 Å². The molecule has 0 spiro atoms. The van der Waals surface area contributed by atoms with Gasteiger partial charge in [-0.15, -0.1) is 0 Å². The van der Waals surface area contributed by atoms with Gasteiger partial charge >= 0.3 is 0 Å². The van der Waals surface area contributed by atoms with Crippen LogP contribution >= 0.6 is 0 Å². The maximum Gasteiger partial charge on any atom is 0.168 e. The van der Waals surface area contributed by atoms with Gasteiger partial charge in [-0.2, -0.15) is 0 Å². The van der Waals surface area contributed by atoms with Crippen molar-refractivity contribution in [1.82, 2.24) is 4.90 Å². The van der Waals surface area contributed by atoms with Crippen LogP contribution in [0.25, 0.3) is 0 Å². The molecule has 0 bridgehead atoms. The standard InChI is InChI=1S/C18H27BNO/c1-12-9-16(15-7-8-20(6)11-15)10-13(2)17(12)19-18(4,5)14(3)21/h9-10,15H,7-8,11H2,1-6H3. The zero-order valence-corrected chi connectivity index (χ0v) is 14.3. The van der Waals surface area contributed by atoms with Crippen LogP contribution in [0.3, 0.4) is 0 Å². The molecule has 3 heteroatoms. The molecule has 2 rings (SSSR count). The molecule has 1 atom stereocenters. The third-order valence-electron chi connectivity index (χ3n) is 4.89. The Bertz CT molecular complexity index is 527. The van der Waals surface area contributed by atoms with Crippen molar-refractivity contribution in [3.8, 4) is 0 Å². The molecule has 0 amide bonds. The first-order chi connectivity index (χ1) is 9.70. The van der Waals surface area contributed by atoms with Gasteiger partial charge in [-0.3, -0.25) is 0 Å². The second kappa shape index (κ2) is 5.96. The topological polar surface area (TPSA) is 20.3 Å². The second-order valence-corrected chi connectivity index (χ2v) is 7.24. The van der Waals surface area contributed by atoms with E-state index in [1.807, 2.05) is 13.8 Å². The number of hydrogen-bond acceptors (Lipinski definition) is 2. The molecule has 1 unspecified atom stereocenters. The van der Waals surface area contributed by atoms with E-state index in [2.05, 4.69) is 45.2 Å². The Labute approximate surface area is 130 Å². The number of carbonyl (C=O) groups is 1. The van der Waals surface area contributed by atoms with Crippen LogP contribution < -0.4 is 5.46 Å². The van der Waals surface area contributed by atoms with E-state index < -0.39 is 5.31 Å². The molecule has 2 nitrogen and oxygen atoms in total. The minimum Gasteiger partial charge on any atom is -0.306 e. The zero-order valence-electron chi connectivity index (χ0n) is 14.3. The van der Waals surface area contributed by atoms with Gasteiger partial charge in [-0.1, -0.05) is 42.6 Å². The number of ketones is 1. The molecular weight excluding hydrogens is 257 g/mol. The number of hydrogen-bond donors (Lipinski definition) is 0. The summed E-state index contributed by atoms with van der Waals surface area (Å²) in [4.78, 5) is 14.2. The molecule has 1 aromatic carbocycles. The van der Waals surface area contributed by atoms with Crippen LogP contribution in [-0.4, -0.2) is 38.1 Å². The van der Waals surface area contributed by atoms with Crippen molar-refractivity contribution in [3.05, 3.63) is 28.8 Å². The Morgan fingerprint density at radius 1 is 1.29 bits per heavy atom. The Morgan fingerprint density at radius 3 is 2.29 bits per heavy atom. The molecule has 0 aliphatic carbocycles. The highest BCUT2D eigenvalue weighted by Gasteiger charge is 2.28. The predicted molar refractivity (Wildman–Crippen MR) is 90.9 cm³/mol. The van der Waals surface area contributed by atoms with Gasteiger partial charge in [0.15, 0.2) is 7.28 Å². The van der Waals surface area contributed by atoms with Crippen molar-refractivity contribution in [2.45, 2.75) is 52.3 Å². The number of likely N-dealkylation sites (N-methyl/N-ethyl adjacent to an activating group) is 1. The van der Waals surface area contributed by atoms with E-state index in [-0.39, 0.29) is 5.78 Å². The lowest BCUT2D eigenvalue weighted by molar-refractivity contribution is -0.119. The first kappa shape index (κ1) is 16.3. The van der Waals surface area contributed by atoms with Crippen LogP contribution in [0, 0.1) is 13.8 Å². The summed E-state index contributed by atoms with van der Waals surface area (Å²) >= 11 is 0. The minimum atomic E-state index is -0.398. The summed E-state index contributed by atoms with van der Waals surface area (Å²) < 4.78 is 0. The first-order valence-corrected chi connectivity index (χ1v) is 7.87. The first-order valence-electron chi connectivity index (χ1n) is 7.87. The molecule has 1 saturated heterocycles. The van der Waals surface area contributed by atoms with Gasteiger partial charge in [0.25, 0.3) is 0 Å². The summed E-state index contributed by atoms with van der Waals surface area (Å²) in [5, 5.41) is -0.398. The van der Waals surface area contributed by atoms with Gasteiger partial charge in [0.2, 0.25) is 0 Å². The second-order valence-electron chi connectivity index (χ2n) is 7.24. The lowest BCUT2D eigenvalue weighted by Crippen LogP contribution is -2.34. The molecule has 0 N–H and O–H groups in total. The molecular formula is C18H27BNO. The normalized spacial score (nSPS) is 19.8. The fourth-order valence-electron chi connectivity index (χ4n) is 3.14. The minimum absolute atomic E-state index is 0.211. The summed E-state index contributed by atoms with van der Waals surface area (Å²) in [5.41, 5.74) is 5.25. The molecule has 1 heterocycles. The van der Waals surface area contributed by atoms with E-state index in [1.165, 1.54) is 35.1 Å². The largest absolute Gasteiger partial charge is 0.306 e. The Balaban J connectivity index is 2.27. The van der Waals surface area contributed by atoms with Crippen LogP contribution in [0.1, 0.15) is 49.8 Å². The molecule has 1 aromatic rings. The third kappa shape index (κ3) is 3.57. The number of carbonyl (C=O) groups excluding carboxylic acids is 1. The van der Waals surface area contributed by atoms with E-state index in [9.17, 15) is 4.79 Å². The summed E-state index contributed by atoms with van der Waals surface area (Å²) in [6.07, 6.45) is 1.25. The molecule has 1 fully saturated rings. The highest BCUT2D eigenvalue weighted by atomic mass is 16.1. The SMILES string of the molecule is CC(=O)C(C)(C)[B]c1c(C)cc(C2CCN(C)C2)cc1C. The Hall–Kier alpha value is -1.09. The Morgan fingerprint density at radius 2 is 1.86 bits per heavy atom. The quantitative estimate of drug-likeness (QED) is 0.792. The van der Waals surface area contributed by atoms with E-state index in [0.717, 1.165) is 6.54 Å². The van der Waals surface area contributed by atoms with Crippen molar-refractivity contribution in [2.24, 2.45) is 0 Å². The number of aryl methyl sites for hydroxylation is 2. The number of rotatable bonds is 4. The van der Waals surface area contributed by atoms with Crippen LogP contribution in [0.4, 0.5) is 0 Å². The molecule has 1 radical (unpaired) electrons. The monoisotopic (exact) mass is 284 g/mol. The van der Waals surface area contributed by atoms with Gasteiger partial charge in [-0.05, 0) is 57.6 Å². The maximum absolute atomic E-state index is 11.8. The highest BCUT2D eigenvalue weighted by Crippen LogP contribution is 2.29. The highest BCUT2D eigenvalue weighted by molar-refractivity contribution is 6.62. The average Bonchev–Trinajstić information content (AvgIpc) is 2.80. The van der Waals surface area contributed by atoms with E-state index in [1.54, 1.807) is 6.92 Å². The average molecular weight is 284 g/mol. The number of nitrogens with zero attached hydrogens (tertiary/aromatic N) is 1. The van der Waals surface area contributed by atoms with Crippen LogP contribution in [0.5, 0.6) is 0 Å². The van der Waals surface area contributed by atoms with Gasteiger partial charge in [0.1, 0.15) is 5.78 Å². The van der Waals surface area contributed by atoms with Crippen molar-refractivity contribution in [1.29, 1.82) is 0 Å². The van der Waals surface area contributed by atoms with Gasteiger partial charge in [0, 0.05) is 6.54 Å². The fourth-order valence-corrected chi connectivity index (χ4v) is 3.14. The lowest BCUT2D eigenvalue weighted by Gasteiger charge is -2.23. The number of likely N-dealkylation sites (tertiary alicyclic amines) is 1. The third-order valence-corrected chi connectivity index (χ3v) is 4.89. The Kier molecular flexibility index (Phi) is 4.62.